The normalized spacial score (nSPS) is 29.2. The minimum Gasteiger partial charge on any atom is -0.329 e. The maximum Gasteiger partial charge on any atom is 0.279 e. The third-order valence-corrected chi connectivity index (χ3v) is 5.55. The van der Waals surface area contributed by atoms with Crippen molar-refractivity contribution in [2.24, 2.45) is 11.1 Å². The highest BCUT2D eigenvalue weighted by atomic mass is 32.2. The lowest BCUT2D eigenvalue weighted by Gasteiger charge is -2.34. The van der Waals surface area contributed by atoms with Crippen LogP contribution in [0, 0.1) is 5.41 Å². The van der Waals surface area contributed by atoms with Crippen molar-refractivity contribution in [3.63, 3.8) is 0 Å². The van der Waals surface area contributed by atoms with Crippen molar-refractivity contribution in [1.29, 1.82) is 0 Å². The first kappa shape index (κ1) is 13.3. The van der Waals surface area contributed by atoms with Crippen molar-refractivity contribution in [2.45, 2.75) is 45.1 Å². The quantitative estimate of drug-likeness (QED) is 0.754. The van der Waals surface area contributed by atoms with E-state index in [9.17, 15) is 8.42 Å². The molecule has 100 valence electrons. The molecule has 1 aliphatic carbocycles. The van der Waals surface area contributed by atoms with Gasteiger partial charge < -0.3 is 5.73 Å². The van der Waals surface area contributed by atoms with E-state index in [0.717, 1.165) is 32.1 Å². The average molecular weight is 261 g/mol. The van der Waals surface area contributed by atoms with E-state index in [1.165, 1.54) is 0 Å². The van der Waals surface area contributed by atoms with Crippen LogP contribution in [-0.4, -0.2) is 38.4 Å². The second kappa shape index (κ2) is 4.84. The van der Waals surface area contributed by atoms with Gasteiger partial charge in [-0.25, -0.2) is 4.72 Å². The number of hydrogen-bond donors (Lipinski definition) is 2. The van der Waals surface area contributed by atoms with E-state index in [1.807, 2.05) is 0 Å². The second-order valence-electron chi connectivity index (χ2n) is 5.63. The van der Waals surface area contributed by atoms with Gasteiger partial charge in [-0.1, -0.05) is 13.3 Å². The predicted octanol–water partition coefficient (Wildman–Crippen LogP) is 0.434. The van der Waals surface area contributed by atoms with Crippen LogP contribution in [-0.2, 0) is 10.2 Å². The summed E-state index contributed by atoms with van der Waals surface area (Å²) < 4.78 is 28.7. The van der Waals surface area contributed by atoms with Crippen molar-refractivity contribution < 1.29 is 8.42 Å². The predicted molar refractivity (Wildman–Crippen MR) is 67.7 cm³/mol. The molecule has 6 heteroatoms. The molecular formula is C11H23N3O2S. The molecule has 1 saturated carbocycles. The molecule has 1 unspecified atom stereocenters. The molecule has 2 rings (SSSR count). The molecule has 0 radical (unpaired) electrons. The Bertz CT molecular complexity index is 365. The third-order valence-electron chi connectivity index (χ3n) is 3.94. The van der Waals surface area contributed by atoms with Gasteiger partial charge >= 0.3 is 0 Å². The minimum absolute atomic E-state index is 0.0201. The summed E-state index contributed by atoms with van der Waals surface area (Å²) in [6.07, 6.45) is 5.14. The molecule has 0 spiro atoms. The van der Waals surface area contributed by atoms with Gasteiger partial charge in [0.2, 0.25) is 0 Å². The molecule has 0 amide bonds. The van der Waals surface area contributed by atoms with Crippen LogP contribution in [0.15, 0.2) is 0 Å². The smallest absolute Gasteiger partial charge is 0.279 e. The molecule has 1 heterocycles. The number of piperidine rings is 1. The standard InChI is InChI=1S/C11H23N3O2S/c1-11(5-6-11)9-13-17(15,16)14-7-3-2-4-10(14)8-12/h10,13H,2-9,12H2,1H3. The number of rotatable bonds is 5. The van der Waals surface area contributed by atoms with Crippen molar-refractivity contribution >= 4 is 10.2 Å². The Kier molecular flexibility index (Phi) is 3.77. The van der Waals surface area contributed by atoms with Gasteiger partial charge in [-0.2, -0.15) is 12.7 Å². The fourth-order valence-corrected chi connectivity index (χ4v) is 3.91. The van der Waals surface area contributed by atoms with Gasteiger partial charge in [0.05, 0.1) is 0 Å². The van der Waals surface area contributed by atoms with E-state index in [2.05, 4.69) is 11.6 Å². The summed E-state index contributed by atoms with van der Waals surface area (Å²) in [5.74, 6) is 0. The van der Waals surface area contributed by atoms with Gasteiger partial charge in [-0.3, -0.25) is 0 Å². The minimum atomic E-state index is -3.33. The van der Waals surface area contributed by atoms with E-state index in [0.29, 0.717) is 19.6 Å². The molecule has 0 aromatic carbocycles. The van der Waals surface area contributed by atoms with E-state index in [4.69, 9.17) is 5.73 Å². The van der Waals surface area contributed by atoms with Crippen LogP contribution >= 0.6 is 0 Å². The first-order chi connectivity index (χ1) is 7.97. The molecule has 1 atom stereocenters. The van der Waals surface area contributed by atoms with Crippen molar-refractivity contribution in [1.82, 2.24) is 9.03 Å². The number of nitrogens with zero attached hydrogens (tertiary/aromatic N) is 1. The highest BCUT2D eigenvalue weighted by Gasteiger charge is 2.39. The van der Waals surface area contributed by atoms with Crippen LogP contribution < -0.4 is 10.5 Å². The Balaban J connectivity index is 1.97. The lowest BCUT2D eigenvalue weighted by atomic mass is 10.1. The van der Waals surface area contributed by atoms with Crippen molar-refractivity contribution in [3.8, 4) is 0 Å². The summed E-state index contributed by atoms with van der Waals surface area (Å²) in [6.45, 7) is 3.70. The number of nitrogens with two attached hydrogens (primary N) is 1. The van der Waals surface area contributed by atoms with Gasteiger partial charge in [0.15, 0.2) is 0 Å². The summed E-state index contributed by atoms with van der Waals surface area (Å²) in [7, 11) is -3.33. The van der Waals surface area contributed by atoms with Crippen molar-refractivity contribution in [2.75, 3.05) is 19.6 Å². The van der Waals surface area contributed by atoms with Gasteiger partial charge in [-0.05, 0) is 31.1 Å². The Morgan fingerprint density at radius 2 is 2.12 bits per heavy atom. The van der Waals surface area contributed by atoms with E-state index in [-0.39, 0.29) is 11.5 Å². The number of hydrogen-bond acceptors (Lipinski definition) is 3. The zero-order valence-corrected chi connectivity index (χ0v) is 11.3. The maximum atomic E-state index is 12.2. The van der Waals surface area contributed by atoms with E-state index < -0.39 is 10.2 Å². The maximum absolute atomic E-state index is 12.2. The summed E-state index contributed by atoms with van der Waals surface area (Å²) in [6, 6.07) is -0.0201. The zero-order chi connectivity index (χ0) is 12.5. The fraction of sp³-hybridized carbons (Fsp3) is 1.00. The first-order valence-corrected chi connectivity index (χ1v) is 7.87. The van der Waals surface area contributed by atoms with Gasteiger partial charge in [-0.15, -0.1) is 0 Å². The lowest BCUT2D eigenvalue weighted by molar-refractivity contribution is 0.253. The number of nitrogens with one attached hydrogen (secondary N) is 1. The Labute approximate surface area is 104 Å². The Hall–Kier alpha value is -0.170. The zero-order valence-electron chi connectivity index (χ0n) is 10.5. The SMILES string of the molecule is CC1(CNS(=O)(=O)N2CCCCC2CN)CC1. The molecule has 5 nitrogen and oxygen atoms in total. The molecule has 1 saturated heterocycles. The highest BCUT2D eigenvalue weighted by molar-refractivity contribution is 7.87. The molecule has 3 N–H and O–H groups in total. The van der Waals surface area contributed by atoms with E-state index in [1.54, 1.807) is 4.31 Å². The molecule has 2 fully saturated rings. The topological polar surface area (TPSA) is 75.4 Å². The molecule has 0 aromatic heterocycles. The Morgan fingerprint density at radius 3 is 2.71 bits per heavy atom. The van der Waals surface area contributed by atoms with Crippen LogP contribution in [0.1, 0.15) is 39.0 Å². The lowest BCUT2D eigenvalue weighted by Crippen LogP contribution is -2.52. The van der Waals surface area contributed by atoms with Gasteiger partial charge in [0.25, 0.3) is 10.2 Å². The monoisotopic (exact) mass is 261 g/mol. The molecule has 17 heavy (non-hydrogen) atoms. The highest BCUT2D eigenvalue weighted by Crippen LogP contribution is 2.44. The van der Waals surface area contributed by atoms with Crippen molar-refractivity contribution in [3.05, 3.63) is 0 Å². The third kappa shape index (κ3) is 3.19. The molecule has 2 aliphatic rings. The molecule has 0 bridgehead atoms. The largest absolute Gasteiger partial charge is 0.329 e. The van der Waals surface area contributed by atoms with E-state index >= 15 is 0 Å². The summed E-state index contributed by atoms with van der Waals surface area (Å²) in [4.78, 5) is 0. The second-order valence-corrected chi connectivity index (χ2v) is 7.34. The van der Waals surface area contributed by atoms with Gasteiger partial charge in [0.1, 0.15) is 0 Å². The van der Waals surface area contributed by atoms with Crippen LogP contribution in [0.4, 0.5) is 0 Å². The first-order valence-electron chi connectivity index (χ1n) is 6.43. The molecule has 1 aliphatic heterocycles. The summed E-state index contributed by atoms with van der Waals surface area (Å²) in [5.41, 5.74) is 5.85. The molecular weight excluding hydrogens is 238 g/mol. The van der Waals surface area contributed by atoms with Crippen LogP contribution in [0.25, 0.3) is 0 Å². The fourth-order valence-electron chi connectivity index (χ4n) is 2.26. The van der Waals surface area contributed by atoms with Crippen LogP contribution in [0.5, 0.6) is 0 Å². The summed E-state index contributed by atoms with van der Waals surface area (Å²) in [5, 5.41) is 0. The van der Waals surface area contributed by atoms with Crippen LogP contribution in [0.3, 0.4) is 0 Å². The molecule has 0 aromatic rings. The average Bonchev–Trinajstić information content (AvgIpc) is 3.06. The Morgan fingerprint density at radius 1 is 1.41 bits per heavy atom. The summed E-state index contributed by atoms with van der Waals surface area (Å²) >= 11 is 0. The van der Waals surface area contributed by atoms with Crippen LogP contribution in [0.2, 0.25) is 0 Å². The van der Waals surface area contributed by atoms with Gasteiger partial charge in [0, 0.05) is 25.7 Å².